The van der Waals surface area contributed by atoms with Crippen molar-refractivity contribution >= 4 is 44.5 Å². The molecule has 5 rings (SSSR count). The number of hydrogen-bond acceptors (Lipinski definition) is 7. The van der Waals surface area contributed by atoms with Gasteiger partial charge in [-0.2, -0.15) is 0 Å². The van der Waals surface area contributed by atoms with Gasteiger partial charge in [-0.25, -0.2) is 14.4 Å². The van der Waals surface area contributed by atoms with Crippen molar-refractivity contribution in [2.75, 3.05) is 30.4 Å². The SMILES string of the molecule is COc1nc2c(C(=O)Nc3cc(F)c4nc(C)cn4c3)ccc(N3C[C@H](C)N[C@@H](C)C3)c2s1. The third kappa shape index (κ3) is 4.00. The van der Waals surface area contributed by atoms with E-state index in [0.29, 0.717) is 39.7 Å². The lowest BCUT2D eigenvalue weighted by molar-refractivity contribution is 0.102. The number of ether oxygens (including phenoxy) is 1. The molecular formula is C23H25FN6O2S. The number of fused-ring (bicyclic) bond motifs is 2. The average molecular weight is 469 g/mol. The van der Waals surface area contributed by atoms with Crippen LogP contribution in [0.3, 0.4) is 0 Å². The molecule has 4 heterocycles. The molecule has 0 saturated carbocycles. The summed E-state index contributed by atoms with van der Waals surface area (Å²) in [6.45, 7) is 7.82. The number of aromatic nitrogens is 3. The van der Waals surface area contributed by atoms with Gasteiger partial charge in [0.2, 0.25) is 0 Å². The van der Waals surface area contributed by atoms with Gasteiger partial charge in [-0.1, -0.05) is 11.3 Å². The normalized spacial score (nSPS) is 18.8. The number of carbonyl (C=O) groups is 1. The first-order valence-electron chi connectivity index (χ1n) is 10.8. The Hall–Kier alpha value is -3.24. The molecule has 0 aliphatic carbocycles. The van der Waals surface area contributed by atoms with Gasteiger partial charge in [0.05, 0.1) is 34.4 Å². The molecule has 4 aromatic rings. The molecule has 3 aromatic heterocycles. The molecule has 1 saturated heterocycles. The minimum absolute atomic E-state index is 0.223. The van der Waals surface area contributed by atoms with E-state index in [4.69, 9.17) is 4.74 Å². The van der Waals surface area contributed by atoms with Crippen LogP contribution in [0.2, 0.25) is 0 Å². The molecule has 1 aliphatic rings. The fourth-order valence-electron chi connectivity index (χ4n) is 4.46. The summed E-state index contributed by atoms with van der Waals surface area (Å²) in [6, 6.07) is 5.70. The summed E-state index contributed by atoms with van der Waals surface area (Å²) in [5.41, 5.74) is 3.27. The number of nitrogens with zero attached hydrogens (tertiary/aromatic N) is 4. The summed E-state index contributed by atoms with van der Waals surface area (Å²) in [5, 5.41) is 6.83. The third-order valence-electron chi connectivity index (χ3n) is 5.71. The van der Waals surface area contributed by atoms with E-state index < -0.39 is 5.82 Å². The second kappa shape index (κ2) is 8.27. The van der Waals surface area contributed by atoms with Crippen molar-refractivity contribution in [3.8, 4) is 5.19 Å². The second-order valence-electron chi connectivity index (χ2n) is 8.51. The lowest BCUT2D eigenvalue weighted by Gasteiger charge is -2.37. The molecule has 2 N–H and O–H groups in total. The van der Waals surface area contributed by atoms with Crippen LogP contribution in [0, 0.1) is 12.7 Å². The minimum atomic E-state index is -0.501. The van der Waals surface area contributed by atoms with Crippen LogP contribution in [0.25, 0.3) is 15.9 Å². The first-order chi connectivity index (χ1) is 15.8. The van der Waals surface area contributed by atoms with Crippen LogP contribution in [0.15, 0.2) is 30.6 Å². The molecule has 8 nitrogen and oxygen atoms in total. The molecule has 10 heteroatoms. The second-order valence-corrected chi connectivity index (χ2v) is 9.47. The first kappa shape index (κ1) is 21.6. The van der Waals surface area contributed by atoms with Gasteiger partial charge in [0, 0.05) is 43.6 Å². The van der Waals surface area contributed by atoms with E-state index in [0.717, 1.165) is 23.5 Å². The first-order valence-corrected chi connectivity index (χ1v) is 11.6. The number of rotatable bonds is 4. The summed E-state index contributed by atoms with van der Waals surface area (Å²) in [6.07, 6.45) is 3.36. The quantitative estimate of drug-likeness (QED) is 0.474. The molecule has 0 spiro atoms. The highest BCUT2D eigenvalue weighted by Gasteiger charge is 2.26. The number of carbonyl (C=O) groups excluding carboxylic acids is 1. The number of amides is 1. The molecule has 2 atom stereocenters. The van der Waals surface area contributed by atoms with E-state index >= 15 is 0 Å². The van der Waals surface area contributed by atoms with Crippen LogP contribution in [-0.2, 0) is 0 Å². The molecule has 0 radical (unpaired) electrons. The van der Waals surface area contributed by atoms with Gasteiger partial charge in [0.1, 0.15) is 5.52 Å². The largest absolute Gasteiger partial charge is 0.473 e. The van der Waals surface area contributed by atoms with Gasteiger partial charge >= 0.3 is 0 Å². The van der Waals surface area contributed by atoms with Crippen molar-refractivity contribution in [2.24, 2.45) is 0 Å². The zero-order chi connectivity index (χ0) is 23.3. The summed E-state index contributed by atoms with van der Waals surface area (Å²) < 4.78 is 22.3. The van der Waals surface area contributed by atoms with Crippen LogP contribution in [-0.4, -0.2) is 52.6 Å². The lowest BCUT2D eigenvalue weighted by atomic mass is 10.1. The Kier molecular flexibility index (Phi) is 5.41. The summed E-state index contributed by atoms with van der Waals surface area (Å²) in [4.78, 5) is 24.2. The monoisotopic (exact) mass is 468 g/mol. The standard InChI is InChI=1S/C23H25FN6O2S/c1-12-8-29(9-13(2)25-12)18-6-5-16(19-20(18)33-23(28-19)32-4)22(31)27-15-7-17(24)21-26-14(3)10-30(21)11-15/h5-7,10-13,25H,8-9H2,1-4H3,(H,27,31)/t12-,13-/m0/s1. The fourth-order valence-corrected chi connectivity index (χ4v) is 5.41. The van der Waals surface area contributed by atoms with Crippen molar-refractivity contribution in [1.82, 2.24) is 19.7 Å². The van der Waals surface area contributed by atoms with Crippen LogP contribution in [0.5, 0.6) is 5.19 Å². The number of anilines is 2. The van der Waals surface area contributed by atoms with Gasteiger partial charge in [-0.05, 0) is 32.9 Å². The molecular weight excluding hydrogens is 443 g/mol. The van der Waals surface area contributed by atoms with E-state index in [2.05, 4.69) is 39.3 Å². The van der Waals surface area contributed by atoms with Gasteiger partial charge in [0.25, 0.3) is 11.1 Å². The number of halogens is 1. The smallest absolute Gasteiger partial charge is 0.274 e. The van der Waals surface area contributed by atoms with Crippen molar-refractivity contribution in [3.63, 3.8) is 0 Å². The van der Waals surface area contributed by atoms with Crippen molar-refractivity contribution in [3.05, 3.63) is 47.7 Å². The van der Waals surface area contributed by atoms with E-state index in [-0.39, 0.29) is 11.6 Å². The Labute approximate surface area is 194 Å². The Morgan fingerprint density at radius 2 is 2.00 bits per heavy atom. The van der Waals surface area contributed by atoms with Crippen LogP contribution in [0.1, 0.15) is 29.9 Å². The third-order valence-corrected chi connectivity index (χ3v) is 6.74. The maximum absolute atomic E-state index is 14.5. The summed E-state index contributed by atoms with van der Waals surface area (Å²) in [5.74, 6) is -0.865. The van der Waals surface area contributed by atoms with Gasteiger partial charge in [-0.15, -0.1) is 0 Å². The van der Waals surface area contributed by atoms with Gasteiger partial charge in [0.15, 0.2) is 11.5 Å². The van der Waals surface area contributed by atoms with Gasteiger partial charge in [-0.3, -0.25) is 4.79 Å². The van der Waals surface area contributed by atoms with Crippen LogP contribution >= 0.6 is 11.3 Å². The highest BCUT2D eigenvalue weighted by atomic mass is 32.1. The van der Waals surface area contributed by atoms with Crippen molar-refractivity contribution < 1.29 is 13.9 Å². The molecule has 1 amide bonds. The molecule has 1 fully saturated rings. The van der Waals surface area contributed by atoms with Crippen LogP contribution in [0.4, 0.5) is 15.8 Å². The number of benzene rings is 1. The van der Waals surface area contributed by atoms with E-state index in [1.165, 1.54) is 17.4 Å². The van der Waals surface area contributed by atoms with E-state index in [1.54, 1.807) is 36.9 Å². The molecule has 1 aliphatic heterocycles. The Morgan fingerprint density at radius 1 is 1.24 bits per heavy atom. The maximum Gasteiger partial charge on any atom is 0.274 e. The van der Waals surface area contributed by atoms with Crippen molar-refractivity contribution in [1.29, 1.82) is 0 Å². The molecule has 1 aromatic carbocycles. The number of pyridine rings is 1. The zero-order valence-corrected chi connectivity index (χ0v) is 19.7. The average Bonchev–Trinajstić information content (AvgIpc) is 3.35. The predicted octanol–water partition coefficient (Wildman–Crippen LogP) is 3.84. The maximum atomic E-state index is 14.5. The number of thiazole rings is 1. The van der Waals surface area contributed by atoms with Gasteiger partial charge < -0.3 is 24.7 Å². The number of hydrogen-bond donors (Lipinski definition) is 2. The molecule has 0 unspecified atom stereocenters. The predicted molar refractivity (Wildman–Crippen MR) is 128 cm³/mol. The highest BCUT2D eigenvalue weighted by Crippen LogP contribution is 2.38. The zero-order valence-electron chi connectivity index (χ0n) is 18.8. The number of nitrogens with one attached hydrogen (secondary N) is 2. The molecule has 0 bridgehead atoms. The van der Waals surface area contributed by atoms with E-state index in [9.17, 15) is 9.18 Å². The highest BCUT2D eigenvalue weighted by molar-refractivity contribution is 7.21. The Balaban J connectivity index is 1.52. The topological polar surface area (TPSA) is 83.8 Å². The number of methoxy groups -OCH3 is 1. The fraction of sp³-hybridized carbons (Fsp3) is 0.348. The van der Waals surface area contributed by atoms with Crippen LogP contribution < -0.4 is 20.3 Å². The van der Waals surface area contributed by atoms with Crippen molar-refractivity contribution in [2.45, 2.75) is 32.9 Å². The molecule has 172 valence electrons. The summed E-state index contributed by atoms with van der Waals surface area (Å²) in [7, 11) is 1.57. The minimum Gasteiger partial charge on any atom is -0.473 e. The number of aryl methyl sites for hydroxylation is 1. The molecule has 33 heavy (non-hydrogen) atoms. The number of piperazine rings is 1. The summed E-state index contributed by atoms with van der Waals surface area (Å²) >= 11 is 1.42. The van der Waals surface area contributed by atoms with E-state index in [1.807, 2.05) is 6.07 Å². The Bertz CT molecular complexity index is 1360. The Morgan fingerprint density at radius 3 is 2.73 bits per heavy atom. The lowest BCUT2D eigenvalue weighted by Crippen LogP contribution is -2.54. The number of imidazole rings is 1.